The average Bonchev–Trinajstić information content (AvgIpc) is 2.78. The van der Waals surface area contributed by atoms with Crippen LogP contribution in [0.15, 0.2) is 48.5 Å². The molecule has 3 rings (SSSR count). The summed E-state index contributed by atoms with van der Waals surface area (Å²) in [6.07, 6.45) is 2.86. The van der Waals surface area contributed by atoms with Crippen LogP contribution in [0.25, 0.3) is 6.08 Å². The summed E-state index contributed by atoms with van der Waals surface area (Å²) in [6.45, 7) is 2.19. The monoisotopic (exact) mass is 439 g/mol. The van der Waals surface area contributed by atoms with E-state index in [1.54, 1.807) is 31.4 Å². The number of nitrogens with one attached hydrogen (secondary N) is 1. The molecule has 0 aliphatic heterocycles. The summed E-state index contributed by atoms with van der Waals surface area (Å²) in [4.78, 5) is 24.2. The number of anilines is 3. The van der Waals surface area contributed by atoms with Crippen LogP contribution in [0.3, 0.4) is 0 Å². The highest BCUT2D eigenvalue weighted by molar-refractivity contribution is 5.87. The van der Waals surface area contributed by atoms with Gasteiger partial charge in [-0.15, -0.1) is 0 Å². The van der Waals surface area contributed by atoms with Crippen molar-refractivity contribution < 1.29 is 23.4 Å². The number of nitrogen functional groups attached to an aromatic ring is 1. The summed E-state index contributed by atoms with van der Waals surface area (Å²) in [7, 11) is 1.54. The van der Waals surface area contributed by atoms with Gasteiger partial charge in [-0.05, 0) is 55.0 Å². The fraction of sp³-hybridized carbons (Fsp3) is 0.182. The Morgan fingerprint density at radius 3 is 2.62 bits per heavy atom. The van der Waals surface area contributed by atoms with Gasteiger partial charge in [0.15, 0.2) is 23.9 Å². The number of ether oxygens (including phenoxy) is 3. The Labute approximate surface area is 184 Å². The second-order valence-electron chi connectivity index (χ2n) is 6.35. The highest BCUT2D eigenvalue weighted by atomic mass is 19.1. The Balaban J connectivity index is 1.60. The van der Waals surface area contributed by atoms with E-state index in [4.69, 9.17) is 19.9 Å². The zero-order chi connectivity index (χ0) is 22.9. The van der Waals surface area contributed by atoms with Gasteiger partial charge in [-0.1, -0.05) is 6.07 Å². The third-order valence-corrected chi connectivity index (χ3v) is 4.04. The fourth-order valence-corrected chi connectivity index (χ4v) is 2.63. The van der Waals surface area contributed by atoms with Crippen LogP contribution in [0.5, 0.6) is 11.5 Å². The number of benzene rings is 2. The van der Waals surface area contributed by atoms with Crippen molar-refractivity contribution in [1.82, 2.24) is 15.0 Å². The summed E-state index contributed by atoms with van der Waals surface area (Å²) >= 11 is 0. The SMILES string of the molecule is CCOc1ccc(/C=C/C(=O)OCc2nc(N)nc(Nc3ccc(F)cc3)n2)cc1OC. The third kappa shape index (κ3) is 6.39. The number of nitrogens with zero attached hydrogens (tertiary/aromatic N) is 3. The Morgan fingerprint density at radius 1 is 1.12 bits per heavy atom. The number of rotatable bonds is 9. The number of aromatic nitrogens is 3. The number of methoxy groups -OCH3 is 1. The molecule has 9 nitrogen and oxygen atoms in total. The predicted molar refractivity (Wildman–Crippen MR) is 117 cm³/mol. The molecular weight excluding hydrogens is 417 g/mol. The van der Waals surface area contributed by atoms with Crippen molar-refractivity contribution in [3.8, 4) is 11.5 Å². The molecule has 0 saturated carbocycles. The first-order valence-electron chi connectivity index (χ1n) is 9.65. The van der Waals surface area contributed by atoms with E-state index in [1.165, 1.54) is 30.3 Å². The molecule has 1 aromatic heterocycles. The number of carbonyl (C=O) groups excluding carboxylic acids is 1. The molecule has 2 aromatic carbocycles. The molecule has 0 bridgehead atoms. The number of carbonyl (C=O) groups is 1. The fourth-order valence-electron chi connectivity index (χ4n) is 2.63. The number of nitrogens with two attached hydrogens (primary N) is 1. The maximum absolute atomic E-state index is 13.0. The van der Waals surface area contributed by atoms with Crippen molar-refractivity contribution >= 4 is 29.6 Å². The largest absolute Gasteiger partial charge is 0.493 e. The second kappa shape index (κ2) is 10.7. The van der Waals surface area contributed by atoms with E-state index >= 15 is 0 Å². The van der Waals surface area contributed by atoms with Crippen LogP contribution < -0.4 is 20.5 Å². The van der Waals surface area contributed by atoms with Crippen molar-refractivity contribution in [2.24, 2.45) is 0 Å². The molecule has 0 radical (unpaired) electrons. The molecule has 0 fully saturated rings. The lowest BCUT2D eigenvalue weighted by atomic mass is 10.2. The van der Waals surface area contributed by atoms with E-state index in [9.17, 15) is 9.18 Å². The van der Waals surface area contributed by atoms with Crippen molar-refractivity contribution in [3.63, 3.8) is 0 Å². The molecule has 0 aliphatic rings. The van der Waals surface area contributed by atoms with Gasteiger partial charge >= 0.3 is 5.97 Å². The lowest BCUT2D eigenvalue weighted by Crippen LogP contribution is -2.10. The molecule has 3 N–H and O–H groups in total. The van der Waals surface area contributed by atoms with E-state index < -0.39 is 5.97 Å². The molecule has 1 heterocycles. The maximum Gasteiger partial charge on any atom is 0.331 e. The molecular formula is C22H22FN5O4. The van der Waals surface area contributed by atoms with Crippen molar-refractivity contribution in [2.45, 2.75) is 13.5 Å². The minimum atomic E-state index is -0.593. The van der Waals surface area contributed by atoms with Crippen molar-refractivity contribution in [3.05, 3.63) is 65.7 Å². The van der Waals surface area contributed by atoms with Crippen LogP contribution in [0.2, 0.25) is 0 Å². The van der Waals surface area contributed by atoms with Gasteiger partial charge in [0.05, 0.1) is 13.7 Å². The van der Waals surface area contributed by atoms with Gasteiger partial charge in [0, 0.05) is 11.8 Å². The van der Waals surface area contributed by atoms with Gasteiger partial charge in [0.2, 0.25) is 11.9 Å². The Morgan fingerprint density at radius 2 is 1.91 bits per heavy atom. The van der Waals surface area contributed by atoms with Crippen LogP contribution in [0.1, 0.15) is 18.3 Å². The van der Waals surface area contributed by atoms with Gasteiger partial charge in [0.25, 0.3) is 0 Å². The van der Waals surface area contributed by atoms with Gasteiger partial charge < -0.3 is 25.3 Å². The van der Waals surface area contributed by atoms with E-state index in [0.29, 0.717) is 23.8 Å². The Hall–Kier alpha value is -4.21. The first kappa shape index (κ1) is 22.5. The van der Waals surface area contributed by atoms with E-state index in [0.717, 1.165) is 5.56 Å². The van der Waals surface area contributed by atoms with Crippen molar-refractivity contribution in [2.75, 3.05) is 24.8 Å². The Bertz CT molecular complexity index is 1110. The molecule has 3 aromatic rings. The molecule has 0 amide bonds. The quantitative estimate of drug-likeness (QED) is 0.381. The highest BCUT2D eigenvalue weighted by Crippen LogP contribution is 2.28. The minimum Gasteiger partial charge on any atom is -0.493 e. The molecule has 0 spiro atoms. The van der Waals surface area contributed by atoms with E-state index in [-0.39, 0.29) is 30.1 Å². The summed E-state index contributed by atoms with van der Waals surface area (Å²) in [5, 5.41) is 2.89. The molecule has 0 aliphatic carbocycles. The first-order chi connectivity index (χ1) is 15.5. The number of esters is 1. The minimum absolute atomic E-state index is 0.0484. The topological polar surface area (TPSA) is 121 Å². The van der Waals surface area contributed by atoms with Gasteiger partial charge in [-0.25, -0.2) is 9.18 Å². The molecule has 32 heavy (non-hydrogen) atoms. The van der Waals surface area contributed by atoms with Crippen LogP contribution in [0, 0.1) is 5.82 Å². The highest BCUT2D eigenvalue weighted by Gasteiger charge is 2.08. The van der Waals surface area contributed by atoms with E-state index in [2.05, 4.69) is 20.3 Å². The zero-order valence-electron chi connectivity index (χ0n) is 17.5. The lowest BCUT2D eigenvalue weighted by Gasteiger charge is -2.09. The molecule has 0 atom stereocenters. The molecule has 10 heteroatoms. The zero-order valence-corrected chi connectivity index (χ0v) is 17.5. The van der Waals surface area contributed by atoms with Gasteiger partial charge in [-0.2, -0.15) is 15.0 Å². The number of hydrogen-bond acceptors (Lipinski definition) is 9. The molecule has 166 valence electrons. The maximum atomic E-state index is 13.0. The summed E-state index contributed by atoms with van der Waals surface area (Å²) in [5.41, 5.74) is 7.00. The Kier molecular flexibility index (Phi) is 7.52. The third-order valence-electron chi connectivity index (χ3n) is 4.04. The van der Waals surface area contributed by atoms with E-state index in [1.807, 2.05) is 6.92 Å². The lowest BCUT2D eigenvalue weighted by molar-refractivity contribution is -0.139. The average molecular weight is 439 g/mol. The smallest absolute Gasteiger partial charge is 0.331 e. The van der Waals surface area contributed by atoms with Gasteiger partial charge in [-0.3, -0.25) is 0 Å². The summed E-state index contributed by atoms with van der Waals surface area (Å²) in [5.74, 6) is 0.475. The second-order valence-corrected chi connectivity index (χ2v) is 6.35. The summed E-state index contributed by atoms with van der Waals surface area (Å²) < 4.78 is 29.0. The number of halogens is 1. The first-order valence-corrected chi connectivity index (χ1v) is 9.65. The molecule has 0 saturated heterocycles. The normalized spacial score (nSPS) is 10.7. The molecule has 0 unspecified atom stereocenters. The summed E-state index contributed by atoms with van der Waals surface area (Å²) in [6, 6.07) is 10.9. The predicted octanol–water partition coefficient (Wildman–Crippen LogP) is 3.50. The van der Waals surface area contributed by atoms with Crippen LogP contribution >= 0.6 is 0 Å². The van der Waals surface area contributed by atoms with Crippen LogP contribution in [0.4, 0.5) is 22.0 Å². The van der Waals surface area contributed by atoms with Crippen LogP contribution in [-0.4, -0.2) is 34.6 Å². The van der Waals surface area contributed by atoms with Gasteiger partial charge in [0.1, 0.15) is 5.82 Å². The number of hydrogen-bond donors (Lipinski definition) is 2. The van der Waals surface area contributed by atoms with Crippen molar-refractivity contribution in [1.29, 1.82) is 0 Å². The standard InChI is InChI=1S/C22H22FN5O4/c1-3-31-17-10-4-14(12-18(17)30-2)5-11-20(29)32-13-19-26-21(24)28-22(27-19)25-16-8-6-15(23)7-9-16/h4-12H,3,13H2,1-2H3,(H3,24,25,26,27,28)/b11-5+. The van der Waals surface area contributed by atoms with Crippen LogP contribution in [-0.2, 0) is 16.1 Å².